The fraction of sp³-hybridized carbons (Fsp3) is 0.320. The highest BCUT2D eigenvalue weighted by molar-refractivity contribution is 7.21. The number of amides is 1. The van der Waals surface area contributed by atoms with E-state index in [1.807, 2.05) is 35.2 Å². The van der Waals surface area contributed by atoms with Crippen molar-refractivity contribution in [2.24, 2.45) is 0 Å². The minimum absolute atomic E-state index is 0.0862. The van der Waals surface area contributed by atoms with Crippen molar-refractivity contribution >= 4 is 27.3 Å². The molecule has 0 aliphatic carbocycles. The molecule has 0 radical (unpaired) electrons. The van der Waals surface area contributed by atoms with E-state index in [2.05, 4.69) is 15.0 Å². The Kier molecular flexibility index (Phi) is 6.76. The third-order valence-corrected chi connectivity index (χ3v) is 7.27. The van der Waals surface area contributed by atoms with Gasteiger partial charge in [-0.15, -0.1) is 11.3 Å². The molecule has 0 spiro atoms. The molecule has 1 aliphatic rings. The van der Waals surface area contributed by atoms with Gasteiger partial charge in [-0.1, -0.05) is 11.2 Å². The van der Waals surface area contributed by atoms with E-state index in [1.54, 1.807) is 20.3 Å². The van der Waals surface area contributed by atoms with Gasteiger partial charge in [0.15, 0.2) is 0 Å². The molecule has 0 atom stereocenters. The molecule has 182 valence electrons. The number of fused-ring (bicyclic) bond motifs is 1. The molecule has 1 amide bonds. The Bertz CT molecular complexity index is 1330. The summed E-state index contributed by atoms with van der Waals surface area (Å²) in [6, 6.07) is 12.4. The third kappa shape index (κ3) is 4.77. The Balaban J connectivity index is 1.23. The Morgan fingerprint density at radius 2 is 1.89 bits per heavy atom. The van der Waals surface area contributed by atoms with E-state index >= 15 is 0 Å². The normalized spacial score (nSPS) is 14.5. The maximum atomic E-state index is 14.5. The van der Waals surface area contributed by atoms with Crippen molar-refractivity contribution in [1.82, 2.24) is 19.9 Å². The number of benzene rings is 2. The standard InChI is InChI=1S/C25H25FN4O4S/c1-32-15-18-22-19(26)4-3-5-20(22)35-23(18)25(31)30-12-10-29(11-13-30)14-21-27-24(28-34-21)16-6-8-17(33-2)9-7-16/h3-9H,10-15H2,1-2H3. The number of hydrogen-bond donors (Lipinski definition) is 0. The first-order valence-electron chi connectivity index (χ1n) is 11.2. The lowest BCUT2D eigenvalue weighted by molar-refractivity contribution is 0.0616. The van der Waals surface area contributed by atoms with Crippen LogP contribution in [0.15, 0.2) is 47.0 Å². The van der Waals surface area contributed by atoms with Crippen LogP contribution >= 0.6 is 11.3 Å². The first-order chi connectivity index (χ1) is 17.1. The number of piperazine rings is 1. The summed E-state index contributed by atoms with van der Waals surface area (Å²) in [5.41, 5.74) is 1.47. The predicted molar refractivity (Wildman–Crippen MR) is 130 cm³/mol. The minimum atomic E-state index is -0.330. The molecule has 1 aliphatic heterocycles. The highest BCUT2D eigenvalue weighted by atomic mass is 32.1. The summed E-state index contributed by atoms with van der Waals surface area (Å²) in [4.78, 5) is 22.4. The summed E-state index contributed by atoms with van der Waals surface area (Å²) in [7, 11) is 3.17. The average molecular weight is 497 g/mol. The second kappa shape index (κ2) is 10.1. The van der Waals surface area contributed by atoms with E-state index < -0.39 is 0 Å². The fourth-order valence-corrected chi connectivity index (χ4v) is 5.43. The van der Waals surface area contributed by atoms with Gasteiger partial charge in [0.2, 0.25) is 11.7 Å². The molecule has 5 rings (SSSR count). The van der Waals surface area contributed by atoms with E-state index in [0.29, 0.717) is 60.3 Å². The highest BCUT2D eigenvalue weighted by Crippen LogP contribution is 2.34. The van der Waals surface area contributed by atoms with Crippen LogP contribution in [0.4, 0.5) is 4.39 Å². The summed E-state index contributed by atoms with van der Waals surface area (Å²) < 4.78 is 31.2. The van der Waals surface area contributed by atoms with Gasteiger partial charge in [-0.3, -0.25) is 9.69 Å². The van der Waals surface area contributed by atoms with E-state index in [9.17, 15) is 9.18 Å². The molecule has 0 saturated carbocycles. The van der Waals surface area contributed by atoms with Crippen molar-refractivity contribution in [3.8, 4) is 17.1 Å². The highest BCUT2D eigenvalue weighted by Gasteiger charge is 2.28. The van der Waals surface area contributed by atoms with Gasteiger partial charge in [-0.2, -0.15) is 4.98 Å². The van der Waals surface area contributed by atoms with Crippen LogP contribution in [0.25, 0.3) is 21.5 Å². The van der Waals surface area contributed by atoms with Crippen LogP contribution < -0.4 is 4.74 Å². The van der Waals surface area contributed by atoms with Gasteiger partial charge in [0, 0.05) is 54.5 Å². The largest absolute Gasteiger partial charge is 0.497 e. The fourth-order valence-electron chi connectivity index (χ4n) is 4.24. The molecule has 3 heterocycles. The number of halogens is 1. The van der Waals surface area contributed by atoms with Crippen molar-refractivity contribution in [3.05, 3.63) is 64.6 Å². The predicted octanol–water partition coefficient (Wildman–Crippen LogP) is 4.20. The smallest absolute Gasteiger partial charge is 0.264 e. The van der Waals surface area contributed by atoms with Crippen molar-refractivity contribution in [3.63, 3.8) is 0 Å². The minimum Gasteiger partial charge on any atom is -0.497 e. The van der Waals surface area contributed by atoms with Crippen LogP contribution in [0.2, 0.25) is 0 Å². The van der Waals surface area contributed by atoms with Crippen LogP contribution in [0.3, 0.4) is 0 Å². The van der Waals surface area contributed by atoms with Crippen molar-refractivity contribution in [2.45, 2.75) is 13.2 Å². The molecule has 4 aromatic rings. The molecular formula is C25H25FN4O4S. The second-order valence-corrected chi connectivity index (χ2v) is 9.32. The second-order valence-electron chi connectivity index (χ2n) is 8.26. The van der Waals surface area contributed by atoms with Gasteiger partial charge in [0.05, 0.1) is 25.1 Å². The molecule has 35 heavy (non-hydrogen) atoms. The number of carbonyl (C=O) groups is 1. The van der Waals surface area contributed by atoms with Crippen LogP contribution in [0.5, 0.6) is 5.75 Å². The van der Waals surface area contributed by atoms with Gasteiger partial charge in [-0.25, -0.2) is 4.39 Å². The monoisotopic (exact) mass is 496 g/mol. The maximum absolute atomic E-state index is 14.5. The Morgan fingerprint density at radius 3 is 2.60 bits per heavy atom. The first kappa shape index (κ1) is 23.4. The molecule has 0 N–H and O–H groups in total. The summed E-state index contributed by atoms with van der Waals surface area (Å²) in [5.74, 6) is 1.40. The summed E-state index contributed by atoms with van der Waals surface area (Å²) >= 11 is 1.32. The zero-order valence-electron chi connectivity index (χ0n) is 19.5. The molecule has 1 saturated heterocycles. The summed E-state index contributed by atoms with van der Waals surface area (Å²) in [5, 5.41) is 4.56. The number of aromatic nitrogens is 2. The van der Waals surface area contributed by atoms with Gasteiger partial charge in [-0.05, 0) is 36.4 Å². The number of thiophene rings is 1. The number of rotatable bonds is 7. The Hall–Kier alpha value is -3.34. The molecule has 2 aromatic heterocycles. The van der Waals surface area contributed by atoms with Crippen molar-refractivity contribution in [2.75, 3.05) is 40.4 Å². The zero-order chi connectivity index (χ0) is 24.4. The van der Waals surface area contributed by atoms with Crippen molar-refractivity contribution < 1.29 is 23.2 Å². The quantitative estimate of drug-likeness (QED) is 0.379. The molecule has 2 aromatic carbocycles. The summed E-state index contributed by atoms with van der Waals surface area (Å²) in [6.07, 6.45) is 0. The van der Waals surface area contributed by atoms with Crippen LogP contribution in [-0.2, 0) is 17.9 Å². The van der Waals surface area contributed by atoms with Crippen LogP contribution in [0, 0.1) is 5.82 Å². The zero-order valence-corrected chi connectivity index (χ0v) is 20.3. The summed E-state index contributed by atoms with van der Waals surface area (Å²) in [6.45, 7) is 3.16. The molecule has 1 fully saturated rings. The number of methoxy groups -OCH3 is 2. The molecular weight excluding hydrogens is 471 g/mol. The van der Waals surface area contributed by atoms with Gasteiger partial charge in [0.1, 0.15) is 11.6 Å². The maximum Gasteiger partial charge on any atom is 0.264 e. The SMILES string of the molecule is COCc1c(C(=O)N2CCN(Cc3nc(-c4ccc(OC)cc4)no3)CC2)sc2cccc(F)c12. The van der Waals surface area contributed by atoms with E-state index in [0.717, 1.165) is 16.0 Å². The van der Waals surface area contributed by atoms with E-state index in [-0.39, 0.29) is 18.3 Å². The first-order valence-corrected chi connectivity index (χ1v) is 12.1. The lowest BCUT2D eigenvalue weighted by atomic mass is 10.1. The van der Waals surface area contributed by atoms with E-state index in [1.165, 1.54) is 17.4 Å². The lowest BCUT2D eigenvalue weighted by Gasteiger charge is -2.33. The van der Waals surface area contributed by atoms with Gasteiger partial charge in [0.25, 0.3) is 5.91 Å². The molecule has 8 nitrogen and oxygen atoms in total. The van der Waals surface area contributed by atoms with Gasteiger partial charge < -0.3 is 18.9 Å². The topological polar surface area (TPSA) is 80.9 Å². The number of hydrogen-bond acceptors (Lipinski definition) is 8. The molecule has 10 heteroatoms. The number of nitrogens with zero attached hydrogens (tertiary/aromatic N) is 4. The Morgan fingerprint density at radius 1 is 1.11 bits per heavy atom. The third-order valence-electron chi connectivity index (χ3n) is 6.08. The van der Waals surface area contributed by atoms with Crippen LogP contribution in [0.1, 0.15) is 21.1 Å². The Labute approximate surface area is 205 Å². The number of ether oxygens (including phenoxy) is 2. The van der Waals surface area contributed by atoms with Crippen LogP contribution in [-0.4, -0.2) is 66.2 Å². The van der Waals surface area contributed by atoms with Gasteiger partial charge >= 0.3 is 0 Å². The molecule has 0 unspecified atom stereocenters. The number of carbonyl (C=O) groups excluding carboxylic acids is 1. The lowest BCUT2D eigenvalue weighted by Crippen LogP contribution is -2.48. The molecule has 0 bridgehead atoms. The average Bonchev–Trinajstić information content (AvgIpc) is 3.50. The van der Waals surface area contributed by atoms with E-state index in [4.69, 9.17) is 14.0 Å². The van der Waals surface area contributed by atoms with Crippen molar-refractivity contribution in [1.29, 1.82) is 0 Å².